The van der Waals surface area contributed by atoms with Crippen LogP contribution in [-0.2, 0) is 11.3 Å². The number of unbranched alkanes of at least 4 members (excludes halogenated alkanes) is 1. The lowest BCUT2D eigenvalue weighted by atomic mass is 9.68. The van der Waals surface area contributed by atoms with Crippen molar-refractivity contribution in [3.8, 4) is 0 Å². The molecule has 28 heavy (non-hydrogen) atoms. The Morgan fingerprint density at radius 1 is 0.964 bits per heavy atom. The van der Waals surface area contributed by atoms with Crippen molar-refractivity contribution in [2.75, 3.05) is 6.61 Å². The highest BCUT2D eigenvalue weighted by Crippen LogP contribution is 2.44. The highest BCUT2D eigenvalue weighted by molar-refractivity contribution is 5.27. The zero-order chi connectivity index (χ0) is 19.8. The van der Waals surface area contributed by atoms with E-state index in [-0.39, 0.29) is 5.82 Å². The van der Waals surface area contributed by atoms with Crippen LogP contribution in [0.4, 0.5) is 4.39 Å². The maximum atomic E-state index is 14.4. The maximum Gasteiger partial charge on any atom is 0.129 e. The molecule has 0 radical (unpaired) electrons. The predicted octanol–water partition coefficient (Wildman–Crippen LogP) is 7.80. The average Bonchev–Trinajstić information content (AvgIpc) is 2.74. The number of allylic oxidation sites excluding steroid dienone is 2. The van der Waals surface area contributed by atoms with Gasteiger partial charge in [-0.2, -0.15) is 0 Å². The molecular weight excluding hydrogens is 347 g/mol. The van der Waals surface area contributed by atoms with Crippen LogP contribution in [0.15, 0.2) is 30.4 Å². The van der Waals surface area contributed by atoms with E-state index in [0.29, 0.717) is 24.7 Å². The molecule has 2 aliphatic carbocycles. The van der Waals surface area contributed by atoms with Crippen LogP contribution >= 0.6 is 0 Å². The quantitative estimate of drug-likeness (QED) is 0.414. The fourth-order valence-corrected chi connectivity index (χ4v) is 5.33. The molecule has 0 bridgehead atoms. The van der Waals surface area contributed by atoms with Crippen molar-refractivity contribution in [2.45, 2.75) is 90.6 Å². The third-order valence-electron chi connectivity index (χ3n) is 7.13. The normalized spacial score (nSPS) is 28.7. The van der Waals surface area contributed by atoms with E-state index < -0.39 is 0 Å². The van der Waals surface area contributed by atoms with Crippen molar-refractivity contribution in [3.05, 3.63) is 47.3 Å². The Bertz CT molecular complexity index is 607. The van der Waals surface area contributed by atoms with Gasteiger partial charge >= 0.3 is 0 Å². The SMILES string of the molecule is CCC/C=C/C1CCC(C2CCC(c3ccc(COCC)c(F)c3)CC2)CC1. The van der Waals surface area contributed by atoms with E-state index in [4.69, 9.17) is 4.74 Å². The lowest BCUT2D eigenvalue weighted by Gasteiger charge is -2.37. The van der Waals surface area contributed by atoms with Gasteiger partial charge in [-0.25, -0.2) is 4.39 Å². The molecule has 1 aromatic rings. The molecule has 2 aliphatic rings. The summed E-state index contributed by atoms with van der Waals surface area (Å²) < 4.78 is 19.7. The first kappa shape index (κ1) is 21.6. The summed E-state index contributed by atoms with van der Waals surface area (Å²) >= 11 is 0. The molecule has 2 saturated carbocycles. The monoisotopic (exact) mass is 386 g/mol. The molecule has 0 amide bonds. The van der Waals surface area contributed by atoms with Crippen molar-refractivity contribution in [2.24, 2.45) is 17.8 Å². The summed E-state index contributed by atoms with van der Waals surface area (Å²) in [7, 11) is 0. The summed E-state index contributed by atoms with van der Waals surface area (Å²) in [6.45, 7) is 5.20. The van der Waals surface area contributed by atoms with Crippen LogP contribution in [0.3, 0.4) is 0 Å². The summed E-state index contributed by atoms with van der Waals surface area (Å²) in [6, 6.07) is 5.84. The van der Waals surface area contributed by atoms with E-state index in [1.807, 2.05) is 13.0 Å². The molecule has 0 aliphatic heterocycles. The highest BCUT2D eigenvalue weighted by atomic mass is 19.1. The van der Waals surface area contributed by atoms with Gasteiger partial charge in [-0.15, -0.1) is 0 Å². The van der Waals surface area contributed by atoms with E-state index in [2.05, 4.69) is 25.1 Å². The van der Waals surface area contributed by atoms with Gasteiger partial charge < -0.3 is 4.74 Å². The molecule has 0 aromatic heterocycles. The number of ether oxygens (including phenoxy) is 1. The summed E-state index contributed by atoms with van der Waals surface area (Å²) in [6.07, 6.45) is 18.1. The Balaban J connectivity index is 1.45. The average molecular weight is 387 g/mol. The van der Waals surface area contributed by atoms with E-state index >= 15 is 0 Å². The Labute approximate surface area is 171 Å². The molecule has 0 atom stereocenters. The van der Waals surface area contributed by atoms with Gasteiger partial charge in [0.25, 0.3) is 0 Å². The summed E-state index contributed by atoms with van der Waals surface area (Å²) in [5.74, 6) is 3.11. The third kappa shape index (κ3) is 5.92. The zero-order valence-corrected chi connectivity index (χ0v) is 18.0. The Kier molecular flexibility index (Phi) is 8.58. The maximum absolute atomic E-state index is 14.4. The first-order valence-corrected chi connectivity index (χ1v) is 11.7. The van der Waals surface area contributed by atoms with Crippen molar-refractivity contribution in [3.63, 3.8) is 0 Å². The minimum atomic E-state index is -0.0949. The summed E-state index contributed by atoms with van der Waals surface area (Å²) in [5.41, 5.74) is 1.88. The van der Waals surface area contributed by atoms with Crippen molar-refractivity contribution >= 4 is 0 Å². The van der Waals surface area contributed by atoms with Gasteiger partial charge in [-0.05, 0) is 100 Å². The second-order valence-corrected chi connectivity index (χ2v) is 8.99. The van der Waals surface area contributed by atoms with Crippen LogP contribution in [0, 0.1) is 23.6 Å². The Morgan fingerprint density at radius 3 is 2.25 bits per heavy atom. The molecule has 0 unspecified atom stereocenters. The molecule has 0 saturated heterocycles. The number of halogens is 1. The van der Waals surface area contributed by atoms with Crippen molar-refractivity contribution in [1.82, 2.24) is 0 Å². The molecule has 1 aromatic carbocycles. The molecule has 3 rings (SSSR count). The minimum Gasteiger partial charge on any atom is -0.377 e. The van der Waals surface area contributed by atoms with Gasteiger partial charge in [0.05, 0.1) is 6.61 Å². The lowest BCUT2D eigenvalue weighted by Crippen LogP contribution is -2.25. The van der Waals surface area contributed by atoms with Crippen molar-refractivity contribution in [1.29, 1.82) is 0 Å². The molecule has 0 spiro atoms. The van der Waals surface area contributed by atoms with Gasteiger partial charge in [0.1, 0.15) is 5.82 Å². The van der Waals surface area contributed by atoms with E-state index in [1.54, 1.807) is 6.07 Å². The smallest absolute Gasteiger partial charge is 0.129 e. The van der Waals surface area contributed by atoms with Gasteiger partial charge in [0.2, 0.25) is 0 Å². The molecule has 2 fully saturated rings. The Hall–Kier alpha value is -1.15. The predicted molar refractivity (Wildman–Crippen MR) is 116 cm³/mol. The first-order chi connectivity index (χ1) is 13.7. The molecular formula is C26H39FO. The van der Waals surface area contributed by atoms with Gasteiger partial charge in [-0.1, -0.05) is 37.6 Å². The minimum absolute atomic E-state index is 0.0949. The summed E-state index contributed by atoms with van der Waals surface area (Å²) in [5, 5.41) is 0. The fourth-order valence-electron chi connectivity index (χ4n) is 5.33. The van der Waals surface area contributed by atoms with Crippen LogP contribution in [0.5, 0.6) is 0 Å². The second kappa shape index (κ2) is 11.1. The number of rotatable bonds is 8. The topological polar surface area (TPSA) is 9.23 Å². The molecule has 156 valence electrons. The zero-order valence-electron chi connectivity index (χ0n) is 18.0. The standard InChI is InChI=1S/C26H39FO/c1-3-5-6-7-20-8-10-21(11-9-20)22-12-14-23(15-13-22)24-16-17-25(19-28-4-2)26(27)18-24/h6-7,16-18,20-23H,3-5,8-15,19H2,1-2H3/b7-6+. The highest BCUT2D eigenvalue weighted by Gasteiger charge is 2.30. The largest absolute Gasteiger partial charge is 0.377 e. The molecule has 2 heteroatoms. The van der Waals surface area contributed by atoms with E-state index in [9.17, 15) is 4.39 Å². The summed E-state index contributed by atoms with van der Waals surface area (Å²) in [4.78, 5) is 0. The van der Waals surface area contributed by atoms with Gasteiger partial charge in [0, 0.05) is 12.2 Å². The molecule has 1 nitrogen and oxygen atoms in total. The first-order valence-electron chi connectivity index (χ1n) is 11.7. The van der Waals surface area contributed by atoms with E-state index in [0.717, 1.165) is 17.8 Å². The number of hydrogen-bond donors (Lipinski definition) is 0. The van der Waals surface area contributed by atoms with Gasteiger partial charge in [-0.3, -0.25) is 0 Å². The fraction of sp³-hybridized carbons (Fsp3) is 0.692. The Morgan fingerprint density at radius 2 is 1.64 bits per heavy atom. The van der Waals surface area contributed by atoms with E-state index in [1.165, 1.54) is 69.8 Å². The van der Waals surface area contributed by atoms with Crippen LogP contribution in [-0.4, -0.2) is 6.61 Å². The lowest BCUT2D eigenvalue weighted by molar-refractivity contribution is 0.131. The van der Waals surface area contributed by atoms with Gasteiger partial charge in [0.15, 0.2) is 0 Å². The number of hydrogen-bond acceptors (Lipinski definition) is 1. The second-order valence-electron chi connectivity index (χ2n) is 8.99. The third-order valence-corrected chi connectivity index (χ3v) is 7.13. The molecule has 0 N–H and O–H groups in total. The van der Waals surface area contributed by atoms with Crippen LogP contribution < -0.4 is 0 Å². The van der Waals surface area contributed by atoms with Crippen LogP contribution in [0.25, 0.3) is 0 Å². The van der Waals surface area contributed by atoms with Crippen molar-refractivity contribution < 1.29 is 9.13 Å². The van der Waals surface area contributed by atoms with Crippen LogP contribution in [0.1, 0.15) is 95.1 Å². The van der Waals surface area contributed by atoms with Crippen LogP contribution in [0.2, 0.25) is 0 Å². The number of benzene rings is 1. The molecule has 0 heterocycles.